The number of hydrogen-bond donors (Lipinski definition) is 3. The van der Waals surface area contributed by atoms with Crippen LogP contribution < -0.4 is 5.46 Å². The van der Waals surface area contributed by atoms with Gasteiger partial charge in [0.25, 0.3) is 0 Å². The zero-order chi connectivity index (χ0) is 10.0. The van der Waals surface area contributed by atoms with Crippen LogP contribution in [-0.2, 0) is 6.61 Å². The van der Waals surface area contributed by atoms with E-state index in [1.165, 1.54) is 0 Å². The van der Waals surface area contributed by atoms with Crippen LogP contribution in [0.1, 0.15) is 5.56 Å². The first-order valence-electron chi connectivity index (χ1n) is 3.51. The molecule has 1 aromatic carbocycles. The molecule has 0 aliphatic carbocycles. The fourth-order valence-corrected chi connectivity index (χ4v) is 1.18. The Morgan fingerprint density at radius 1 is 1.38 bits per heavy atom. The molecule has 13 heavy (non-hydrogen) atoms. The summed E-state index contributed by atoms with van der Waals surface area (Å²) in [5.41, 5.74) is -0.0420. The molecule has 0 atom stereocenters. The Kier molecular flexibility index (Phi) is 3.27. The van der Waals surface area contributed by atoms with Gasteiger partial charge in [-0.25, -0.2) is 4.39 Å². The number of aliphatic hydroxyl groups excluding tert-OH is 1. The average molecular weight is 204 g/mol. The van der Waals surface area contributed by atoms with Crippen molar-refractivity contribution in [3.05, 3.63) is 28.5 Å². The summed E-state index contributed by atoms with van der Waals surface area (Å²) < 4.78 is 12.9. The van der Waals surface area contributed by atoms with Crippen molar-refractivity contribution >= 4 is 24.2 Å². The SMILES string of the molecule is OCc1cc(B(O)O)c(Cl)cc1F. The van der Waals surface area contributed by atoms with Crippen LogP contribution in [0.5, 0.6) is 0 Å². The summed E-state index contributed by atoms with van der Waals surface area (Å²) in [6.45, 7) is -0.511. The van der Waals surface area contributed by atoms with Crippen LogP contribution in [0.15, 0.2) is 12.1 Å². The van der Waals surface area contributed by atoms with Crippen molar-refractivity contribution in [3.8, 4) is 0 Å². The van der Waals surface area contributed by atoms with E-state index in [0.717, 1.165) is 12.1 Å². The second kappa shape index (κ2) is 4.06. The lowest BCUT2D eigenvalue weighted by Gasteiger charge is -2.06. The van der Waals surface area contributed by atoms with Crippen molar-refractivity contribution in [1.29, 1.82) is 0 Å². The van der Waals surface area contributed by atoms with Gasteiger partial charge in [-0.05, 0) is 6.07 Å². The van der Waals surface area contributed by atoms with E-state index in [1.807, 2.05) is 0 Å². The highest BCUT2D eigenvalue weighted by Crippen LogP contribution is 2.13. The average Bonchev–Trinajstić information content (AvgIpc) is 2.03. The molecule has 3 nitrogen and oxygen atoms in total. The Labute approximate surface area is 79.5 Å². The maximum Gasteiger partial charge on any atom is 0.489 e. The van der Waals surface area contributed by atoms with Crippen LogP contribution in [0.25, 0.3) is 0 Å². The molecule has 0 aliphatic rings. The Balaban J connectivity index is 3.22. The predicted molar refractivity (Wildman–Crippen MR) is 47.2 cm³/mol. The van der Waals surface area contributed by atoms with Crippen LogP contribution in [0, 0.1) is 5.82 Å². The molecule has 0 saturated carbocycles. The van der Waals surface area contributed by atoms with E-state index >= 15 is 0 Å². The molecule has 0 saturated heterocycles. The molecule has 6 heteroatoms. The lowest BCUT2D eigenvalue weighted by Crippen LogP contribution is -2.31. The van der Waals surface area contributed by atoms with Crippen molar-refractivity contribution < 1.29 is 19.5 Å². The minimum atomic E-state index is -1.77. The molecule has 0 unspecified atom stereocenters. The molecule has 1 rings (SSSR count). The van der Waals surface area contributed by atoms with Gasteiger partial charge >= 0.3 is 7.12 Å². The van der Waals surface area contributed by atoms with Crippen molar-refractivity contribution in [1.82, 2.24) is 0 Å². The van der Waals surface area contributed by atoms with E-state index in [0.29, 0.717) is 0 Å². The Hall–Kier alpha value is -0.615. The van der Waals surface area contributed by atoms with Gasteiger partial charge in [0.15, 0.2) is 0 Å². The highest BCUT2D eigenvalue weighted by Gasteiger charge is 2.17. The van der Waals surface area contributed by atoms with Crippen LogP contribution in [0.4, 0.5) is 4.39 Å². The quantitative estimate of drug-likeness (QED) is 0.577. The third-order valence-electron chi connectivity index (χ3n) is 1.61. The van der Waals surface area contributed by atoms with Crippen molar-refractivity contribution in [2.45, 2.75) is 6.61 Å². The van der Waals surface area contributed by atoms with Gasteiger partial charge in [-0.3, -0.25) is 0 Å². The monoisotopic (exact) mass is 204 g/mol. The minimum absolute atomic E-state index is 0.0208. The zero-order valence-corrected chi connectivity index (χ0v) is 7.29. The van der Waals surface area contributed by atoms with Crippen LogP contribution in [0.2, 0.25) is 5.02 Å². The largest absolute Gasteiger partial charge is 0.489 e. The summed E-state index contributed by atoms with van der Waals surface area (Å²) in [4.78, 5) is 0. The minimum Gasteiger partial charge on any atom is -0.423 e. The van der Waals surface area contributed by atoms with E-state index in [9.17, 15) is 4.39 Å². The van der Waals surface area contributed by atoms with E-state index < -0.39 is 19.5 Å². The first-order valence-corrected chi connectivity index (χ1v) is 3.89. The maximum atomic E-state index is 12.9. The molecule has 0 bridgehead atoms. The predicted octanol–water partition coefficient (Wildman–Crippen LogP) is -0.349. The number of aliphatic hydroxyl groups is 1. The van der Waals surface area contributed by atoms with Gasteiger partial charge in [-0.1, -0.05) is 17.7 Å². The molecule has 1 aromatic rings. The summed E-state index contributed by atoms with van der Waals surface area (Å²) in [7, 11) is -1.77. The van der Waals surface area contributed by atoms with Crippen LogP contribution in [-0.4, -0.2) is 22.3 Å². The second-order valence-corrected chi connectivity index (χ2v) is 2.90. The van der Waals surface area contributed by atoms with Gasteiger partial charge < -0.3 is 15.2 Å². The first kappa shape index (κ1) is 10.5. The Bertz CT molecular complexity index is 319. The first-order chi connectivity index (χ1) is 6.06. The molecule has 0 fully saturated rings. The highest BCUT2D eigenvalue weighted by molar-refractivity contribution is 6.62. The number of rotatable bonds is 2. The van der Waals surface area contributed by atoms with Crippen molar-refractivity contribution in [2.75, 3.05) is 0 Å². The fraction of sp³-hybridized carbons (Fsp3) is 0.143. The summed E-state index contributed by atoms with van der Waals surface area (Å²) in [5.74, 6) is -0.670. The van der Waals surface area contributed by atoms with E-state index in [4.69, 9.17) is 26.8 Å². The molecule has 0 aliphatic heterocycles. The maximum absolute atomic E-state index is 12.9. The summed E-state index contributed by atoms with van der Waals surface area (Å²) in [5, 5.41) is 26.2. The standard InChI is InChI=1S/C7H7BClFO3/c9-6-2-7(10)4(3-11)1-5(6)8(12)13/h1-2,11-13H,3H2. The molecule has 70 valence electrons. The molecular formula is C7H7BClFO3. The Morgan fingerprint density at radius 3 is 2.46 bits per heavy atom. The summed E-state index contributed by atoms with van der Waals surface area (Å²) in [6, 6.07) is 2.05. The van der Waals surface area contributed by atoms with Crippen LogP contribution >= 0.6 is 11.6 Å². The van der Waals surface area contributed by atoms with Gasteiger partial charge in [0.2, 0.25) is 0 Å². The molecule has 0 spiro atoms. The fourth-order valence-electron chi connectivity index (χ4n) is 0.932. The number of hydrogen-bond acceptors (Lipinski definition) is 3. The highest BCUT2D eigenvalue weighted by atomic mass is 35.5. The van der Waals surface area contributed by atoms with E-state index in [1.54, 1.807) is 0 Å². The molecular weight excluding hydrogens is 197 g/mol. The molecule has 0 amide bonds. The lowest BCUT2D eigenvalue weighted by molar-refractivity contribution is 0.276. The van der Waals surface area contributed by atoms with Gasteiger partial charge in [-0.15, -0.1) is 0 Å². The van der Waals surface area contributed by atoms with E-state index in [2.05, 4.69) is 0 Å². The third-order valence-corrected chi connectivity index (χ3v) is 1.94. The van der Waals surface area contributed by atoms with Crippen LogP contribution in [0.3, 0.4) is 0 Å². The second-order valence-electron chi connectivity index (χ2n) is 2.50. The van der Waals surface area contributed by atoms with Gasteiger partial charge in [-0.2, -0.15) is 0 Å². The Morgan fingerprint density at radius 2 is 2.00 bits per heavy atom. The van der Waals surface area contributed by atoms with Crippen molar-refractivity contribution in [2.24, 2.45) is 0 Å². The van der Waals surface area contributed by atoms with Gasteiger partial charge in [0.1, 0.15) is 5.82 Å². The smallest absolute Gasteiger partial charge is 0.423 e. The summed E-state index contributed by atoms with van der Waals surface area (Å²) in [6.07, 6.45) is 0. The lowest BCUT2D eigenvalue weighted by atomic mass is 9.79. The molecule has 0 heterocycles. The molecule has 0 radical (unpaired) electrons. The van der Waals surface area contributed by atoms with Gasteiger partial charge in [0, 0.05) is 16.0 Å². The zero-order valence-electron chi connectivity index (χ0n) is 6.54. The third kappa shape index (κ3) is 2.19. The van der Waals surface area contributed by atoms with E-state index in [-0.39, 0.29) is 16.0 Å². The van der Waals surface area contributed by atoms with Crippen molar-refractivity contribution in [3.63, 3.8) is 0 Å². The topological polar surface area (TPSA) is 60.7 Å². The summed E-state index contributed by atoms with van der Waals surface area (Å²) >= 11 is 5.51. The molecule has 3 N–H and O–H groups in total. The number of benzene rings is 1. The molecule has 0 aromatic heterocycles. The normalized spacial score (nSPS) is 10.2. The number of halogens is 2. The van der Waals surface area contributed by atoms with Gasteiger partial charge in [0.05, 0.1) is 6.61 Å².